The van der Waals surface area contributed by atoms with Crippen molar-refractivity contribution in [2.75, 3.05) is 5.32 Å². The Balaban J connectivity index is 1.62. The average Bonchev–Trinajstić information content (AvgIpc) is 2.69. The zero-order valence-corrected chi connectivity index (χ0v) is 17.0. The molecule has 2 aromatic carbocycles. The first-order valence-corrected chi connectivity index (χ1v) is 9.79. The maximum Gasteiger partial charge on any atom is 0.228 e. The molecule has 0 bridgehead atoms. The van der Waals surface area contributed by atoms with E-state index in [1.807, 2.05) is 18.2 Å². The molecule has 152 valence electrons. The second-order valence-corrected chi connectivity index (χ2v) is 8.36. The molecule has 0 aliphatic heterocycles. The van der Waals surface area contributed by atoms with Gasteiger partial charge in [0.2, 0.25) is 5.91 Å². The molecule has 0 saturated heterocycles. The molecule has 3 rings (SSSR count). The first kappa shape index (κ1) is 20.6. The standard InChI is InChI=1S/C24H27NO4/c1-24(2,3)16-8-12-18(13-9-16)29-19-14-10-17(11-15-19)25-22(26)20-6-4-5-7-21(20)23(27)28/h4-5,8-15,20-21H,6-7H2,1-3H3,(H,25,26)(H,27,28)/p-1/t20-,21+/m0/s1. The predicted octanol–water partition coefficient (Wildman–Crippen LogP) is 4.05. The highest BCUT2D eigenvalue weighted by molar-refractivity contribution is 5.95. The number of aliphatic carboxylic acids is 1. The highest BCUT2D eigenvalue weighted by atomic mass is 16.5. The maximum atomic E-state index is 12.5. The zero-order chi connectivity index (χ0) is 21.0. The Bertz CT molecular complexity index is 892. The molecule has 1 amide bonds. The molecule has 0 radical (unpaired) electrons. The lowest BCUT2D eigenvalue weighted by atomic mass is 9.82. The molecular weight excluding hydrogens is 366 g/mol. The quantitative estimate of drug-likeness (QED) is 0.779. The molecular formula is C24H26NO4-. The highest BCUT2D eigenvalue weighted by Crippen LogP contribution is 2.29. The minimum Gasteiger partial charge on any atom is -0.550 e. The Hall–Kier alpha value is -3.08. The largest absolute Gasteiger partial charge is 0.550 e. The molecule has 0 aromatic heterocycles. The number of nitrogens with one attached hydrogen (secondary N) is 1. The van der Waals surface area contributed by atoms with Crippen molar-refractivity contribution in [3.05, 3.63) is 66.2 Å². The number of hydrogen-bond donors (Lipinski definition) is 1. The summed E-state index contributed by atoms with van der Waals surface area (Å²) < 4.78 is 5.86. The number of ether oxygens (including phenoxy) is 1. The zero-order valence-electron chi connectivity index (χ0n) is 17.0. The molecule has 0 unspecified atom stereocenters. The van der Waals surface area contributed by atoms with Crippen LogP contribution in [0.4, 0.5) is 5.69 Å². The van der Waals surface area contributed by atoms with E-state index in [0.29, 0.717) is 24.3 Å². The second kappa shape index (κ2) is 8.52. The number of carboxylic acid groups (broad SMARTS) is 1. The summed E-state index contributed by atoms with van der Waals surface area (Å²) in [5, 5.41) is 14.1. The molecule has 5 heteroatoms. The summed E-state index contributed by atoms with van der Waals surface area (Å²) >= 11 is 0. The Labute approximate surface area is 171 Å². The van der Waals surface area contributed by atoms with E-state index >= 15 is 0 Å². The molecule has 0 fully saturated rings. The lowest BCUT2D eigenvalue weighted by Gasteiger charge is -2.28. The SMILES string of the molecule is CC(C)(C)c1ccc(Oc2ccc(NC(=O)[C@H]3CC=CC[C@H]3C(=O)[O-])cc2)cc1. The third-order valence-electron chi connectivity index (χ3n) is 5.15. The monoisotopic (exact) mass is 392 g/mol. The van der Waals surface area contributed by atoms with E-state index in [1.54, 1.807) is 30.3 Å². The number of anilines is 1. The van der Waals surface area contributed by atoms with Gasteiger partial charge in [-0.15, -0.1) is 0 Å². The summed E-state index contributed by atoms with van der Waals surface area (Å²) in [5.74, 6) is -1.52. The number of carbonyl (C=O) groups excluding carboxylic acids is 2. The number of rotatable bonds is 5. The summed E-state index contributed by atoms with van der Waals surface area (Å²) in [7, 11) is 0. The molecule has 0 heterocycles. The van der Waals surface area contributed by atoms with Crippen molar-refractivity contribution in [1.29, 1.82) is 0 Å². The van der Waals surface area contributed by atoms with E-state index < -0.39 is 17.8 Å². The predicted molar refractivity (Wildman–Crippen MR) is 111 cm³/mol. The van der Waals surface area contributed by atoms with Crippen molar-refractivity contribution in [1.82, 2.24) is 0 Å². The van der Waals surface area contributed by atoms with E-state index in [2.05, 4.69) is 38.2 Å². The van der Waals surface area contributed by atoms with Gasteiger partial charge in [0.15, 0.2) is 0 Å². The normalized spacial score (nSPS) is 18.9. The van der Waals surface area contributed by atoms with Gasteiger partial charge in [0.25, 0.3) is 0 Å². The van der Waals surface area contributed by atoms with E-state index in [-0.39, 0.29) is 11.3 Å². The van der Waals surface area contributed by atoms with Crippen LogP contribution in [0.2, 0.25) is 0 Å². The minimum absolute atomic E-state index is 0.0855. The summed E-state index contributed by atoms with van der Waals surface area (Å²) in [4.78, 5) is 23.8. The summed E-state index contributed by atoms with van der Waals surface area (Å²) in [6.45, 7) is 6.48. The molecule has 29 heavy (non-hydrogen) atoms. The topological polar surface area (TPSA) is 78.5 Å². The number of benzene rings is 2. The van der Waals surface area contributed by atoms with Gasteiger partial charge >= 0.3 is 0 Å². The van der Waals surface area contributed by atoms with Crippen LogP contribution in [0.25, 0.3) is 0 Å². The smallest absolute Gasteiger partial charge is 0.228 e. The summed E-state index contributed by atoms with van der Waals surface area (Å²) in [6.07, 6.45) is 4.34. The highest BCUT2D eigenvalue weighted by Gasteiger charge is 2.29. The van der Waals surface area contributed by atoms with Gasteiger partial charge in [-0.25, -0.2) is 0 Å². The van der Waals surface area contributed by atoms with E-state index in [9.17, 15) is 14.7 Å². The number of amides is 1. The van der Waals surface area contributed by atoms with Crippen molar-refractivity contribution in [2.45, 2.75) is 39.0 Å². The van der Waals surface area contributed by atoms with Gasteiger partial charge < -0.3 is 20.0 Å². The fourth-order valence-electron chi connectivity index (χ4n) is 3.36. The van der Waals surface area contributed by atoms with Crippen molar-refractivity contribution in [3.63, 3.8) is 0 Å². The number of carbonyl (C=O) groups is 2. The lowest BCUT2D eigenvalue weighted by Crippen LogP contribution is -2.41. The summed E-state index contributed by atoms with van der Waals surface area (Å²) in [6, 6.07) is 15.0. The molecule has 1 N–H and O–H groups in total. The van der Waals surface area contributed by atoms with Gasteiger partial charge in [0.05, 0.1) is 5.92 Å². The van der Waals surface area contributed by atoms with Gasteiger partial charge in [-0.3, -0.25) is 4.79 Å². The van der Waals surface area contributed by atoms with Crippen LogP contribution in [0.1, 0.15) is 39.2 Å². The van der Waals surface area contributed by atoms with Crippen LogP contribution in [-0.4, -0.2) is 11.9 Å². The third kappa shape index (κ3) is 5.25. The van der Waals surface area contributed by atoms with Gasteiger partial charge in [-0.1, -0.05) is 45.1 Å². The van der Waals surface area contributed by atoms with Crippen molar-refractivity contribution < 1.29 is 19.4 Å². The second-order valence-electron chi connectivity index (χ2n) is 8.36. The Morgan fingerprint density at radius 2 is 1.41 bits per heavy atom. The molecule has 5 nitrogen and oxygen atoms in total. The summed E-state index contributed by atoms with van der Waals surface area (Å²) in [5.41, 5.74) is 1.91. The van der Waals surface area contributed by atoms with Crippen LogP contribution >= 0.6 is 0 Å². The van der Waals surface area contributed by atoms with E-state index in [0.717, 1.165) is 5.75 Å². The fraction of sp³-hybridized carbons (Fsp3) is 0.333. The molecule has 1 aliphatic carbocycles. The minimum atomic E-state index is -1.18. The third-order valence-corrected chi connectivity index (χ3v) is 5.15. The van der Waals surface area contributed by atoms with Gasteiger partial charge in [-0.2, -0.15) is 0 Å². The first-order valence-electron chi connectivity index (χ1n) is 9.79. The van der Waals surface area contributed by atoms with Crippen LogP contribution in [-0.2, 0) is 15.0 Å². The molecule has 2 aromatic rings. The molecule has 0 spiro atoms. The lowest BCUT2D eigenvalue weighted by molar-refractivity contribution is -0.313. The van der Waals surface area contributed by atoms with Gasteiger partial charge in [0, 0.05) is 17.6 Å². The van der Waals surface area contributed by atoms with Crippen molar-refractivity contribution >= 4 is 17.6 Å². The number of allylic oxidation sites excluding steroid dienone is 2. The van der Waals surface area contributed by atoms with E-state index in [1.165, 1.54) is 5.56 Å². The van der Waals surface area contributed by atoms with Crippen LogP contribution in [0.5, 0.6) is 11.5 Å². The van der Waals surface area contributed by atoms with Crippen LogP contribution in [0.3, 0.4) is 0 Å². The van der Waals surface area contributed by atoms with Crippen molar-refractivity contribution in [2.24, 2.45) is 11.8 Å². The van der Waals surface area contributed by atoms with Crippen LogP contribution in [0, 0.1) is 11.8 Å². The van der Waals surface area contributed by atoms with Crippen molar-refractivity contribution in [3.8, 4) is 11.5 Å². The Morgan fingerprint density at radius 1 is 0.897 bits per heavy atom. The number of carboxylic acids is 1. The maximum absolute atomic E-state index is 12.5. The number of hydrogen-bond acceptors (Lipinski definition) is 4. The van der Waals surface area contributed by atoms with Crippen LogP contribution in [0.15, 0.2) is 60.7 Å². The van der Waals surface area contributed by atoms with Gasteiger partial charge in [0.1, 0.15) is 11.5 Å². The molecule has 1 aliphatic rings. The molecule has 0 saturated carbocycles. The average molecular weight is 392 g/mol. The van der Waals surface area contributed by atoms with Crippen LogP contribution < -0.4 is 15.2 Å². The van der Waals surface area contributed by atoms with E-state index in [4.69, 9.17) is 4.74 Å². The molecule has 2 atom stereocenters. The Morgan fingerprint density at radius 3 is 1.93 bits per heavy atom. The Kier molecular flexibility index (Phi) is 6.06. The van der Waals surface area contributed by atoms with Gasteiger partial charge in [-0.05, 0) is 60.2 Å². The first-order chi connectivity index (χ1) is 13.7. The fourth-order valence-corrected chi connectivity index (χ4v) is 3.36.